The Labute approximate surface area is 143 Å². The summed E-state index contributed by atoms with van der Waals surface area (Å²) < 4.78 is 15.5. The van der Waals surface area contributed by atoms with Gasteiger partial charge in [-0.05, 0) is 25.7 Å². The Hall–Kier alpha value is -2.84. The van der Waals surface area contributed by atoms with Crippen molar-refractivity contribution in [1.29, 1.82) is 0 Å². The third kappa shape index (κ3) is 3.98. The molecule has 0 spiro atoms. The van der Waals surface area contributed by atoms with Crippen LogP contribution in [0.2, 0.25) is 0 Å². The standard InChI is InChI=1S/C16H18N2O7/c1-9(10-2-3-10)17-15(19)8-25-16(20)11-6-13-14(24-5-4-23-13)7-12(11)18(21)22/h6-7,9-10H,2-5,8H2,1H3,(H,17,19)/t9-/m1/s1. The molecule has 1 atom stereocenters. The topological polar surface area (TPSA) is 117 Å². The quantitative estimate of drug-likeness (QED) is 0.468. The highest BCUT2D eigenvalue weighted by molar-refractivity contribution is 5.96. The van der Waals surface area contributed by atoms with E-state index >= 15 is 0 Å². The third-order valence-electron chi connectivity index (χ3n) is 4.13. The number of nitro benzene ring substituents is 1. The summed E-state index contributed by atoms with van der Waals surface area (Å²) in [5.41, 5.74) is -0.738. The molecule has 1 fully saturated rings. The zero-order chi connectivity index (χ0) is 18.0. The zero-order valence-electron chi connectivity index (χ0n) is 13.6. The molecule has 1 aliphatic carbocycles. The van der Waals surface area contributed by atoms with Gasteiger partial charge in [0.2, 0.25) is 0 Å². The first-order valence-corrected chi connectivity index (χ1v) is 8.00. The van der Waals surface area contributed by atoms with Gasteiger partial charge in [-0.2, -0.15) is 0 Å². The molecule has 0 radical (unpaired) electrons. The van der Waals surface area contributed by atoms with Gasteiger partial charge in [-0.1, -0.05) is 0 Å². The predicted molar refractivity (Wildman–Crippen MR) is 84.7 cm³/mol. The summed E-state index contributed by atoms with van der Waals surface area (Å²) in [5.74, 6) is -0.495. The molecular weight excluding hydrogens is 332 g/mol. The van der Waals surface area contributed by atoms with Crippen LogP contribution in [0.25, 0.3) is 0 Å². The van der Waals surface area contributed by atoms with Crippen LogP contribution in [-0.4, -0.2) is 42.7 Å². The number of ether oxygens (including phenoxy) is 3. The molecule has 0 bridgehead atoms. The molecular formula is C16H18N2O7. The maximum Gasteiger partial charge on any atom is 0.345 e. The van der Waals surface area contributed by atoms with Gasteiger partial charge < -0.3 is 19.5 Å². The van der Waals surface area contributed by atoms with Crippen molar-refractivity contribution >= 4 is 17.6 Å². The van der Waals surface area contributed by atoms with Crippen molar-refractivity contribution in [1.82, 2.24) is 5.32 Å². The smallest absolute Gasteiger partial charge is 0.345 e. The number of nitro groups is 1. The second kappa shape index (κ2) is 6.96. The van der Waals surface area contributed by atoms with Crippen molar-refractivity contribution in [2.45, 2.75) is 25.8 Å². The van der Waals surface area contributed by atoms with E-state index in [1.807, 2.05) is 6.92 Å². The van der Waals surface area contributed by atoms with E-state index in [-0.39, 0.29) is 36.3 Å². The lowest BCUT2D eigenvalue weighted by molar-refractivity contribution is -0.385. The molecule has 25 heavy (non-hydrogen) atoms. The van der Waals surface area contributed by atoms with Crippen LogP contribution in [0.3, 0.4) is 0 Å². The van der Waals surface area contributed by atoms with Gasteiger partial charge in [0.1, 0.15) is 18.8 Å². The second-order valence-electron chi connectivity index (χ2n) is 6.04. The van der Waals surface area contributed by atoms with E-state index in [0.29, 0.717) is 5.92 Å². The number of hydrogen-bond donors (Lipinski definition) is 1. The van der Waals surface area contributed by atoms with Crippen LogP contribution in [-0.2, 0) is 9.53 Å². The normalized spacial score (nSPS) is 16.7. The highest BCUT2D eigenvalue weighted by atomic mass is 16.6. The van der Waals surface area contributed by atoms with Crippen LogP contribution in [0.1, 0.15) is 30.1 Å². The van der Waals surface area contributed by atoms with Crippen LogP contribution >= 0.6 is 0 Å². The number of benzene rings is 1. The summed E-state index contributed by atoms with van der Waals surface area (Å²) in [6.45, 7) is 1.94. The largest absolute Gasteiger partial charge is 0.486 e. The Morgan fingerprint density at radius 2 is 1.96 bits per heavy atom. The van der Waals surface area contributed by atoms with Crippen LogP contribution in [0.5, 0.6) is 11.5 Å². The Kier molecular flexibility index (Phi) is 4.73. The van der Waals surface area contributed by atoms with Crippen LogP contribution in [0, 0.1) is 16.0 Å². The highest BCUT2D eigenvalue weighted by Gasteiger charge is 2.30. The summed E-state index contributed by atoms with van der Waals surface area (Å²) >= 11 is 0. The average Bonchev–Trinajstić information content (AvgIpc) is 3.43. The monoisotopic (exact) mass is 350 g/mol. The second-order valence-corrected chi connectivity index (χ2v) is 6.04. The third-order valence-corrected chi connectivity index (χ3v) is 4.13. The van der Waals surface area contributed by atoms with Gasteiger partial charge in [0.25, 0.3) is 11.6 Å². The summed E-state index contributed by atoms with van der Waals surface area (Å²) in [7, 11) is 0. The van der Waals surface area contributed by atoms with Gasteiger partial charge in [-0.15, -0.1) is 0 Å². The lowest BCUT2D eigenvalue weighted by Gasteiger charge is -2.18. The first-order valence-electron chi connectivity index (χ1n) is 8.00. The van der Waals surface area contributed by atoms with Crippen molar-refractivity contribution in [3.8, 4) is 11.5 Å². The van der Waals surface area contributed by atoms with E-state index < -0.39 is 29.1 Å². The molecule has 1 amide bonds. The summed E-state index contributed by atoms with van der Waals surface area (Å²) in [4.78, 5) is 34.5. The fraction of sp³-hybridized carbons (Fsp3) is 0.500. The fourth-order valence-electron chi connectivity index (χ4n) is 2.61. The number of fused-ring (bicyclic) bond motifs is 1. The minimum absolute atomic E-state index is 0.0230. The number of nitrogens with one attached hydrogen (secondary N) is 1. The van der Waals surface area contributed by atoms with E-state index in [0.717, 1.165) is 18.9 Å². The van der Waals surface area contributed by atoms with Crippen LogP contribution in [0.4, 0.5) is 5.69 Å². The molecule has 0 unspecified atom stereocenters. The lowest BCUT2D eigenvalue weighted by atomic mass is 10.1. The van der Waals surface area contributed by atoms with Crippen LogP contribution < -0.4 is 14.8 Å². The summed E-state index contributed by atoms with van der Waals surface area (Å²) in [6, 6.07) is 2.36. The summed E-state index contributed by atoms with van der Waals surface area (Å²) in [6.07, 6.45) is 2.15. The number of nitrogens with zero attached hydrogens (tertiary/aromatic N) is 1. The van der Waals surface area contributed by atoms with Gasteiger partial charge in [0.15, 0.2) is 18.1 Å². The fourth-order valence-corrected chi connectivity index (χ4v) is 2.61. The van der Waals surface area contributed by atoms with E-state index in [9.17, 15) is 19.7 Å². The molecule has 1 saturated carbocycles. The molecule has 1 N–H and O–H groups in total. The maximum atomic E-state index is 12.2. The maximum absolute atomic E-state index is 12.2. The average molecular weight is 350 g/mol. The Morgan fingerprint density at radius 3 is 2.56 bits per heavy atom. The van der Waals surface area contributed by atoms with Gasteiger partial charge in [-0.25, -0.2) is 4.79 Å². The number of amides is 1. The van der Waals surface area contributed by atoms with E-state index in [2.05, 4.69) is 5.32 Å². The van der Waals surface area contributed by atoms with Crippen molar-refractivity contribution in [2.75, 3.05) is 19.8 Å². The van der Waals surface area contributed by atoms with E-state index in [1.54, 1.807) is 0 Å². The van der Waals surface area contributed by atoms with Gasteiger partial charge >= 0.3 is 5.97 Å². The van der Waals surface area contributed by atoms with Crippen LogP contribution in [0.15, 0.2) is 12.1 Å². The molecule has 134 valence electrons. The molecule has 9 heteroatoms. The predicted octanol–water partition coefficient (Wildman–Crippen LogP) is 1.44. The van der Waals surface area contributed by atoms with Gasteiger partial charge in [0, 0.05) is 12.1 Å². The molecule has 3 rings (SSSR count). The minimum Gasteiger partial charge on any atom is -0.486 e. The molecule has 9 nitrogen and oxygen atoms in total. The van der Waals surface area contributed by atoms with Gasteiger partial charge in [0.05, 0.1) is 11.0 Å². The number of esters is 1. The van der Waals surface area contributed by atoms with Crippen molar-refractivity contribution in [3.63, 3.8) is 0 Å². The molecule has 1 aromatic carbocycles. The molecule has 2 aliphatic rings. The molecule has 1 aromatic rings. The van der Waals surface area contributed by atoms with Crippen molar-refractivity contribution in [2.24, 2.45) is 5.92 Å². The number of carbonyl (C=O) groups excluding carboxylic acids is 2. The molecule has 1 heterocycles. The molecule has 0 aromatic heterocycles. The Morgan fingerprint density at radius 1 is 1.32 bits per heavy atom. The molecule has 1 aliphatic heterocycles. The number of carbonyl (C=O) groups is 2. The number of hydrogen-bond acceptors (Lipinski definition) is 7. The zero-order valence-corrected chi connectivity index (χ0v) is 13.6. The summed E-state index contributed by atoms with van der Waals surface area (Å²) in [5, 5.41) is 13.9. The first-order chi connectivity index (χ1) is 12.0. The van der Waals surface area contributed by atoms with Gasteiger partial charge in [-0.3, -0.25) is 14.9 Å². The Balaban J connectivity index is 1.68. The molecule has 0 saturated heterocycles. The highest BCUT2D eigenvalue weighted by Crippen LogP contribution is 2.37. The van der Waals surface area contributed by atoms with E-state index in [4.69, 9.17) is 14.2 Å². The number of rotatable bonds is 6. The minimum atomic E-state index is -0.960. The van der Waals surface area contributed by atoms with Crippen molar-refractivity contribution < 1.29 is 28.7 Å². The van der Waals surface area contributed by atoms with Crippen molar-refractivity contribution in [3.05, 3.63) is 27.8 Å². The lowest BCUT2D eigenvalue weighted by Crippen LogP contribution is -2.37. The Bertz CT molecular complexity index is 715. The van der Waals surface area contributed by atoms with E-state index in [1.165, 1.54) is 6.07 Å². The SMILES string of the molecule is C[C@@H](NC(=O)COC(=O)c1cc2c(cc1[N+](=O)[O-])OCCO2)C1CC1. The first kappa shape index (κ1) is 17.0.